The Morgan fingerprint density at radius 1 is 1.14 bits per heavy atom. The second kappa shape index (κ2) is 8.04. The molecule has 1 aliphatic heterocycles. The number of amidine groups is 1. The molecule has 3 rings (SSSR count). The van der Waals surface area contributed by atoms with Crippen LogP contribution in [0.5, 0.6) is 0 Å². The Morgan fingerprint density at radius 3 is 2.48 bits per heavy atom. The van der Waals surface area contributed by atoms with E-state index in [1.54, 1.807) is 30.3 Å². The molecule has 2 aromatic carbocycles. The maximum absolute atomic E-state index is 12.2. The van der Waals surface area contributed by atoms with E-state index in [-0.39, 0.29) is 17.3 Å². The van der Waals surface area contributed by atoms with Gasteiger partial charge in [0.25, 0.3) is 15.9 Å². The fraction of sp³-hybridized carbons (Fsp3) is 0.250. The molecule has 1 amide bonds. The minimum Gasteiger partial charge on any atom is -0.451 e. The fourth-order valence-corrected chi connectivity index (χ4v) is 4.05. The smallest absolute Gasteiger partial charge is 0.326 e. The zero-order chi connectivity index (χ0) is 21.2. The van der Waals surface area contributed by atoms with Crippen molar-refractivity contribution in [2.75, 3.05) is 18.9 Å². The number of benzene rings is 2. The summed E-state index contributed by atoms with van der Waals surface area (Å²) in [6, 6.07) is 13.6. The summed E-state index contributed by atoms with van der Waals surface area (Å²) < 4.78 is 33.2. The van der Waals surface area contributed by atoms with Crippen LogP contribution < -0.4 is 5.32 Å². The van der Waals surface area contributed by atoms with Crippen molar-refractivity contribution in [1.82, 2.24) is 4.90 Å². The van der Waals surface area contributed by atoms with E-state index < -0.39 is 28.0 Å². The number of fused-ring (bicyclic) bond motifs is 1. The Balaban J connectivity index is 1.60. The molecule has 1 heterocycles. The highest BCUT2D eigenvalue weighted by Crippen LogP contribution is 2.26. The number of nitrogens with one attached hydrogen (secondary N) is 1. The van der Waals surface area contributed by atoms with Crippen molar-refractivity contribution in [3.05, 3.63) is 59.7 Å². The zero-order valence-corrected chi connectivity index (χ0v) is 17.1. The van der Waals surface area contributed by atoms with Crippen LogP contribution >= 0.6 is 0 Å². The molecule has 0 spiro atoms. The van der Waals surface area contributed by atoms with Crippen LogP contribution in [-0.4, -0.2) is 50.7 Å². The Morgan fingerprint density at radius 2 is 1.79 bits per heavy atom. The summed E-state index contributed by atoms with van der Waals surface area (Å²) in [4.78, 5) is 25.9. The monoisotopic (exact) mass is 415 g/mol. The van der Waals surface area contributed by atoms with E-state index in [1.807, 2.05) is 19.1 Å². The largest absolute Gasteiger partial charge is 0.451 e. The van der Waals surface area contributed by atoms with E-state index in [9.17, 15) is 18.0 Å². The number of carbonyl (C=O) groups is 2. The van der Waals surface area contributed by atoms with Gasteiger partial charge in [-0.2, -0.15) is 8.42 Å². The van der Waals surface area contributed by atoms with Gasteiger partial charge in [-0.15, -0.1) is 4.40 Å². The van der Waals surface area contributed by atoms with Gasteiger partial charge in [-0.1, -0.05) is 29.8 Å². The minimum atomic E-state index is -3.78. The maximum Gasteiger partial charge on any atom is 0.326 e. The summed E-state index contributed by atoms with van der Waals surface area (Å²) in [5, 5.41) is 2.67. The van der Waals surface area contributed by atoms with Crippen molar-refractivity contribution in [2.45, 2.75) is 24.8 Å². The van der Waals surface area contributed by atoms with Gasteiger partial charge in [-0.05, 0) is 38.1 Å². The predicted octanol–water partition coefficient (Wildman–Crippen LogP) is 1.95. The first kappa shape index (κ1) is 20.5. The lowest BCUT2D eigenvalue weighted by Crippen LogP contribution is -2.37. The van der Waals surface area contributed by atoms with Gasteiger partial charge in [0.05, 0.1) is 0 Å². The molecule has 0 saturated carbocycles. The van der Waals surface area contributed by atoms with Gasteiger partial charge in [-0.25, -0.2) is 0 Å². The molecular formula is C20H21N3O5S. The Bertz CT molecular complexity index is 1080. The van der Waals surface area contributed by atoms with Gasteiger partial charge in [-0.3, -0.25) is 9.59 Å². The number of anilines is 1. The zero-order valence-electron chi connectivity index (χ0n) is 16.2. The SMILES string of the molecule is Cc1ccc(NC(=O)[C@H](C)OC(=O)CN(C)C2=NS(=O)(=O)c3ccccc32)cc1. The van der Waals surface area contributed by atoms with Crippen molar-refractivity contribution < 1.29 is 22.7 Å². The van der Waals surface area contributed by atoms with E-state index in [4.69, 9.17) is 4.74 Å². The van der Waals surface area contributed by atoms with Gasteiger partial charge in [0.1, 0.15) is 11.4 Å². The molecule has 1 atom stereocenters. The summed E-state index contributed by atoms with van der Waals surface area (Å²) in [6.45, 7) is 3.14. The van der Waals surface area contributed by atoms with Crippen molar-refractivity contribution in [3.63, 3.8) is 0 Å². The van der Waals surface area contributed by atoms with Gasteiger partial charge >= 0.3 is 5.97 Å². The number of amides is 1. The van der Waals surface area contributed by atoms with E-state index in [1.165, 1.54) is 24.9 Å². The second-order valence-corrected chi connectivity index (χ2v) is 8.30. The molecule has 0 unspecified atom stereocenters. The molecule has 2 aromatic rings. The molecule has 152 valence electrons. The van der Waals surface area contributed by atoms with E-state index in [0.717, 1.165) is 5.56 Å². The molecule has 1 aliphatic rings. The molecule has 8 nitrogen and oxygen atoms in total. The van der Waals surface area contributed by atoms with Crippen molar-refractivity contribution in [3.8, 4) is 0 Å². The Labute approximate surface area is 169 Å². The third kappa shape index (κ3) is 4.62. The molecule has 0 bridgehead atoms. The third-order valence-electron chi connectivity index (χ3n) is 4.34. The number of likely N-dealkylation sites (N-methyl/N-ethyl adjacent to an activating group) is 1. The highest BCUT2D eigenvalue weighted by atomic mass is 32.2. The van der Waals surface area contributed by atoms with Crippen LogP contribution in [0.25, 0.3) is 0 Å². The highest BCUT2D eigenvalue weighted by molar-refractivity contribution is 7.90. The number of esters is 1. The first-order valence-corrected chi connectivity index (χ1v) is 10.3. The number of nitrogens with zero attached hydrogens (tertiary/aromatic N) is 2. The quantitative estimate of drug-likeness (QED) is 0.749. The number of hydrogen-bond acceptors (Lipinski definition) is 6. The van der Waals surface area contributed by atoms with E-state index in [2.05, 4.69) is 9.71 Å². The first-order valence-electron chi connectivity index (χ1n) is 8.90. The number of aryl methyl sites for hydroxylation is 1. The van der Waals surface area contributed by atoms with Gasteiger partial charge in [0.15, 0.2) is 11.9 Å². The van der Waals surface area contributed by atoms with E-state index in [0.29, 0.717) is 11.3 Å². The van der Waals surface area contributed by atoms with Crippen LogP contribution in [-0.2, 0) is 24.3 Å². The number of carbonyl (C=O) groups excluding carboxylic acids is 2. The van der Waals surface area contributed by atoms with E-state index >= 15 is 0 Å². The van der Waals surface area contributed by atoms with Gasteiger partial charge in [0.2, 0.25) is 0 Å². The van der Waals surface area contributed by atoms with Crippen LogP contribution in [0.2, 0.25) is 0 Å². The number of rotatable bonds is 5. The number of ether oxygens (including phenoxy) is 1. The third-order valence-corrected chi connectivity index (χ3v) is 5.66. The maximum atomic E-state index is 12.2. The summed E-state index contributed by atoms with van der Waals surface area (Å²) in [6.07, 6.45) is -1.02. The van der Waals surface area contributed by atoms with Crippen LogP contribution in [0.3, 0.4) is 0 Å². The van der Waals surface area contributed by atoms with Gasteiger partial charge < -0.3 is 15.0 Å². The van der Waals surface area contributed by atoms with Crippen molar-refractivity contribution in [2.24, 2.45) is 4.40 Å². The molecule has 9 heteroatoms. The molecule has 0 fully saturated rings. The molecule has 0 aromatic heterocycles. The molecular weight excluding hydrogens is 394 g/mol. The van der Waals surface area contributed by atoms with Crippen molar-refractivity contribution >= 4 is 33.4 Å². The van der Waals surface area contributed by atoms with Crippen LogP contribution in [0, 0.1) is 6.92 Å². The standard InChI is InChI=1S/C20H21N3O5S/c1-13-8-10-15(11-9-13)21-20(25)14(2)28-18(24)12-23(3)19-16-6-4-5-7-17(16)29(26,27)22-19/h4-11,14H,12H2,1-3H3,(H,21,25)/t14-/m0/s1. The molecule has 0 radical (unpaired) electrons. The topological polar surface area (TPSA) is 105 Å². The predicted molar refractivity (Wildman–Crippen MR) is 108 cm³/mol. The number of hydrogen-bond donors (Lipinski definition) is 1. The molecule has 1 N–H and O–H groups in total. The molecule has 0 aliphatic carbocycles. The average molecular weight is 415 g/mol. The second-order valence-electron chi connectivity index (χ2n) is 6.73. The van der Waals surface area contributed by atoms with Gasteiger partial charge in [0, 0.05) is 18.3 Å². The normalized spacial score (nSPS) is 15.1. The number of sulfonamides is 1. The lowest BCUT2D eigenvalue weighted by atomic mass is 10.2. The minimum absolute atomic E-state index is 0.0982. The lowest BCUT2D eigenvalue weighted by molar-refractivity contribution is -0.153. The lowest BCUT2D eigenvalue weighted by Gasteiger charge is -2.19. The Hall–Kier alpha value is -3.20. The first-order chi connectivity index (χ1) is 13.7. The molecule has 0 saturated heterocycles. The summed E-state index contributed by atoms with van der Waals surface area (Å²) >= 11 is 0. The van der Waals surface area contributed by atoms with Crippen LogP contribution in [0.4, 0.5) is 5.69 Å². The summed E-state index contributed by atoms with van der Waals surface area (Å²) in [7, 11) is -2.24. The average Bonchev–Trinajstić information content (AvgIpc) is 2.95. The summed E-state index contributed by atoms with van der Waals surface area (Å²) in [5.74, 6) is -0.978. The Kier molecular flexibility index (Phi) is 5.69. The highest BCUT2D eigenvalue weighted by Gasteiger charge is 2.31. The van der Waals surface area contributed by atoms with Crippen molar-refractivity contribution in [1.29, 1.82) is 0 Å². The van der Waals surface area contributed by atoms with Crippen LogP contribution in [0.15, 0.2) is 57.8 Å². The van der Waals surface area contributed by atoms with Crippen LogP contribution in [0.1, 0.15) is 18.1 Å². The molecule has 29 heavy (non-hydrogen) atoms. The summed E-state index contributed by atoms with van der Waals surface area (Å²) in [5.41, 5.74) is 2.08. The fourth-order valence-electron chi connectivity index (χ4n) is 2.80.